The monoisotopic (exact) mass is 201 g/mol. The van der Waals surface area contributed by atoms with E-state index in [1.54, 1.807) is 0 Å². The van der Waals surface area contributed by atoms with E-state index in [0.717, 1.165) is 23.5 Å². The minimum Gasteiger partial charge on any atom is -0.398 e. The van der Waals surface area contributed by atoms with Crippen molar-refractivity contribution in [2.75, 3.05) is 5.73 Å². The molecule has 1 heterocycles. The molecule has 2 aromatic rings. The van der Waals surface area contributed by atoms with Gasteiger partial charge in [-0.25, -0.2) is 0 Å². The number of nitrogens with zero attached hydrogens (tertiary/aromatic N) is 2. The second-order valence-electron chi connectivity index (χ2n) is 4.56. The molecule has 1 fully saturated rings. The van der Waals surface area contributed by atoms with Gasteiger partial charge in [-0.15, -0.1) is 0 Å². The molecule has 0 amide bonds. The van der Waals surface area contributed by atoms with Crippen molar-refractivity contribution in [3.63, 3.8) is 0 Å². The van der Waals surface area contributed by atoms with Gasteiger partial charge in [-0.3, -0.25) is 4.68 Å². The number of aryl methyl sites for hydroxylation is 1. The van der Waals surface area contributed by atoms with Crippen molar-refractivity contribution in [2.24, 2.45) is 5.92 Å². The Bertz CT molecular complexity index is 509. The van der Waals surface area contributed by atoms with Gasteiger partial charge in [-0.05, 0) is 43.4 Å². The molecule has 1 saturated carbocycles. The van der Waals surface area contributed by atoms with Gasteiger partial charge in [-0.1, -0.05) is 0 Å². The molecule has 0 saturated heterocycles. The Kier molecular flexibility index (Phi) is 1.75. The summed E-state index contributed by atoms with van der Waals surface area (Å²) in [6.07, 6.45) is 4.58. The molecule has 0 radical (unpaired) electrons. The molecule has 0 spiro atoms. The van der Waals surface area contributed by atoms with E-state index in [4.69, 9.17) is 5.73 Å². The zero-order valence-electron chi connectivity index (χ0n) is 8.90. The average Bonchev–Trinajstić information content (AvgIpc) is 2.89. The predicted molar refractivity (Wildman–Crippen MR) is 61.6 cm³/mol. The molecule has 0 unspecified atom stereocenters. The van der Waals surface area contributed by atoms with E-state index >= 15 is 0 Å². The predicted octanol–water partition coefficient (Wildman–Crippen LogP) is 2.34. The van der Waals surface area contributed by atoms with E-state index in [1.807, 2.05) is 12.3 Å². The molecule has 0 aliphatic heterocycles. The van der Waals surface area contributed by atoms with Crippen molar-refractivity contribution in [1.29, 1.82) is 0 Å². The Morgan fingerprint density at radius 2 is 2.27 bits per heavy atom. The van der Waals surface area contributed by atoms with E-state index in [-0.39, 0.29) is 0 Å². The standard InChI is InChI=1S/C12H15N3/c1-8-4-11(13)10-6-14-15(12(10)5-8)7-9-2-3-9/h4-6,9H,2-3,7,13H2,1H3. The number of benzene rings is 1. The van der Waals surface area contributed by atoms with Crippen molar-refractivity contribution < 1.29 is 0 Å². The van der Waals surface area contributed by atoms with Crippen molar-refractivity contribution in [3.8, 4) is 0 Å². The number of fused-ring (bicyclic) bond motifs is 1. The van der Waals surface area contributed by atoms with E-state index < -0.39 is 0 Å². The minimum atomic E-state index is 0.840. The lowest BCUT2D eigenvalue weighted by molar-refractivity contribution is 0.580. The molecule has 1 aromatic heterocycles. The minimum absolute atomic E-state index is 0.840. The van der Waals surface area contributed by atoms with Crippen LogP contribution in [0.2, 0.25) is 0 Å². The summed E-state index contributed by atoms with van der Waals surface area (Å²) < 4.78 is 2.09. The molecule has 0 atom stereocenters. The van der Waals surface area contributed by atoms with Gasteiger partial charge in [0.25, 0.3) is 0 Å². The third-order valence-corrected chi connectivity index (χ3v) is 3.07. The summed E-state index contributed by atoms with van der Waals surface area (Å²) >= 11 is 0. The Morgan fingerprint density at radius 3 is 3.00 bits per heavy atom. The normalized spacial score (nSPS) is 16.1. The van der Waals surface area contributed by atoms with Crippen LogP contribution in [0, 0.1) is 12.8 Å². The van der Waals surface area contributed by atoms with Crippen LogP contribution in [0.15, 0.2) is 18.3 Å². The van der Waals surface area contributed by atoms with Crippen LogP contribution in [-0.2, 0) is 6.54 Å². The Balaban J connectivity index is 2.14. The summed E-state index contributed by atoms with van der Waals surface area (Å²) in [6, 6.07) is 4.17. The largest absolute Gasteiger partial charge is 0.398 e. The SMILES string of the molecule is Cc1cc(N)c2cnn(CC3CC3)c2c1. The van der Waals surface area contributed by atoms with Gasteiger partial charge in [0.2, 0.25) is 0 Å². The lowest BCUT2D eigenvalue weighted by atomic mass is 10.1. The lowest BCUT2D eigenvalue weighted by Gasteiger charge is -2.03. The number of hydrogen-bond donors (Lipinski definition) is 1. The smallest absolute Gasteiger partial charge is 0.0705 e. The van der Waals surface area contributed by atoms with E-state index in [9.17, 15) is 0 Å². The van der Waals surface area contributed by atoms with Gasteiger partial charge in [0.1, 0.15) is 0 Å². The number of nitrogen functional groups attached to an aromatic ring is 1. The first-order valence-corrected chi connectivity index (χ1v) is 5.45. The van der Waals surface area contributed by atoms with Crippen LogP contribution in [0.5, 0.6) is 0 Å². The quantitative estimate of drug-likeness (QED) is 0.758. The summed E-state index contributed by atoms with van der Waals surface area (Å²) in [6.45, 7) is 3.12. The second kappa shape index (κ2) is 2.99. The third-order valence-electron chi connectivity index (χ3n) is 3.07. The Morgan fingerprint density at radius 1 is 1.47 bits per heavy atom. The molecule has 1 aliphatic carbocycles. The van der Waals surface area contributed by atoms with Crippen molar-refractivity contribution in [3.05, 3.63) is 23.9 Å². The van der Waals surface area contributed by atoms with Crippen molar-refractivity contribution in [2.45, 2.75) is 26.3 Å². The van der Waals surface area contributed by atoms with E-state index in [1.165, 1.54) is 23.9 Å². The zero-order chi connectivity index (χ0) is 10.4. The van der Waals surface area contributed by atoms with Crippen LogP contribution in [0.4, 0.5) is 5.69 Å². The highest BCUT2D eigenvalue weighted by Gasteiger charge is 2.22. The molecular weight excluding hydrogens is 186 g/mol. The fourth-order valence-corrected chi connectivity index (χ4v) is 2.04. The number of anilines is 1. The first-order chi connectivity index (χ1) is 7.24. The molecule has 2 N–H and O–H groups in total. The third kappa shape index (κ3) is 1.48. The molecular formula is C12H15N3. The van der Waals surface area contributed by atoms with Crippen molar-refractivity contribution >= 4 is 16.6 Å². The fraction of sp³-hybridized carbons (Fsp3) is 0.417. The second-order valence-corrected chi connectivity index (χ2v) is 4.56. The van der Waals surface area contributed by atoms with Gasteiger partial charge in [0.05, 0.1) is 11.7 Å². The molecule has 3 rings (SSSR count). The molecule has 15 heavy (non-hydrogen) atoms. The number of nitrogens with two attached hydrogens (primary N) is 1. The summed E-state index contributed by atoms with van der Waals surface area (Å²) in [5.74, 6) is 0.842. The molecule has 0 bridgehead atoms. The highest BCUT2D eigenvalue weighted by Crippen LogP contribution is 2.32. The zero-order valence-corrected chi connectivity index (χ0v) is 8.90. The van der Waals surface area contributed by atoms with Crippen LogP contribution >= 0.6 is 0 Å². The maximum absolute atomic E-state index is 5.96. The Labute approximate surface area is 88.9 Å². The average molecular weight is 201 g/mol. The molecule has 1 aromatic carbocycles. The Hall–Kier alpha value is -1.51. The first kappa shape index (κ1) is 8.77. The topological polar surface area (TPSA) is 43.8 Å². The summed E-state index contributed by atoms with van der Waals surface area (Å²) in [7, 11) is 0. The van der Waals surface area contributed by atoms with Gasteiger partial charge in [0, 0.05) is 17.6 Å². The van der Waals surface area contributed by atoms with Crippen LogP contribution < -0.4 is 5.73 Å². The van der Waals surface area contributed by atoms with Crippen molar-refractivity contribution in [1.82, 2.24) is 9.78 Å². The number of rotatable bonds is 2. The van der Waals surface area contributed by atoms with Gasteiger partial charge in [-0.2, -0.15) is 5.10 Å². The maximum atomic E-state index is 5.96. The van der Waals surface area contributed by atoms with Gasteiger partial charge >= 0.3 is 0 Å². The molecule has 1 aliphatic rings. The molecule has 3 heteroatoms. The van der Waals surface area contributed by atoms with Gasteiger partial charge < -0.3 is 5.73 Å². The highest BCUT2D eigenvalue weighted by molar-refractivity contribution is 5.90. The van der Waals surface area contributed by atoms with Crippen LogP contribution in [-0.4, -0.2) is 9.78 Å². The first-order valence-electron chi connectivity index (χ1n) is 5.45. The summed E-state index contributed by atoms with van der Waals surface area (Å²) in [5, 5.41) is 5.50. The van der Waals surface area contributed by atoms with Crippen LogP contribution in [0.3, 0.4) is 0 Å². The maximum Gasteiger partial charge on any atom is 0.0705 e. The summed E-state index contributed by atoms with van der Waals surface area (Å²) in [4.78, 5) is 0. The van der Waals surface area contributed by atoms with Gasteiger partial charge in [0.15, 0.2) is 0 Å². The highest BCUT2D eigenvalue weighted by atomic mass is 15.3. The summed E-state index contributed by atoms with van der Waals surface area (Å²) in [5.41, 5.74) is 9.19. The molecule has 78 valence electrons. The van der Waals surface area contributed by atoms with E-state index in [2.05, 4.69) is 22.8 Å². The number of aromatic nitrogens is 2. The number of hydrogen-bond acceptors (Lipinski definition) is 2. The fourth-order valence-electron chi connectivity index (χ4n) is 2.04. The van der Waals surface area contributed by atoms with Crippen LogP contribution in [0.1, 0.15) is 18.4 Å². The van der Waals surface area contributed by atoms with Crippen LogP contribution in [0.25, 0.3) is 10.9 Å². The van der Waals surface area contributed by atoms with E-state index in [0.29, 0.717) is 0 Å². The molecule has 3 nitrogen and oxygen atoms in total. The lowest BCUT2D eigenvalue weighted by Crippen LogP contribution is -2.01.